The average molecular weight is 741 g/mol. The summed E-state index contributed by atoms with van der Waals surface area (Å²) in [4.78, 5) is 33.2. The second kappa shape index (κ2) is 14.2. The number of sulfonamides is 1. The Balaban J connectivity index is 1.26. The van der Waals surface area contributed by atoms with Crippen molar-refractivity contribution in [1.82, 2.24) is 14.5 Å². The number of likely N-dealkylation sites (N-methyl/N-ethyl adjacent to an activating group) is 1. The number of rotatable bonds is 1. The highest BCUT2D eigenvalue weighted by Crippen LogP contribution is 2.47. The maximum Gasteiger partial charge on any atom is 0.410 e. The normalized spacial score (nSPS) is 30.0. The Morgan fingerprint density at radius 1 is 1.06 bits per heavy atom. The van der Waals surface area contributed by atoms with Gasteiger partial charge in [-0.25, -0.2) is 17.9 Å². The van der Waals surface area contributed by atoms with Crippen LogP contribution in [-0.2, 0) is 36.1 Å². The van der Waals surface area contributed by atoms with E-state index in [1.54, 1.807) is 23.1 Å². The fourth-order valence-corrected chi connectivity index (χ4v) is 9.62. The SMILES string of the molecule is CN1CCCN(C(=O)O[C@H]2/C=C\COC(C)(C)C(=O)NS(=O)(=O)c3ccc4c(c3)N(C[C@@H]3CC[C@H]32)C[C@@]2(CCCc3cc(Cl)ccc32)CO4)CC1. The van der Waals surface area contributed by atoms with Crippen molar-refractivity contribution in [2.24, 2.45) is 11.8 Å². The Kier molecular flexibility index (Phi) is 10.1. The first-order chi connectivity index (χ1) is 24.3. The van der Waals surface area contributed by atoms with E-state index in [9.17, 15) is 18.0 Å². The molecule has 2 fully saturated rings. The quantitative estimate of drug-likeness (QED) is 0.396. The molecule has 5 aliphatic rings. The van der Waals surface area contributed by atoms with Gasteiger partial charge in [0.2, 0.25) is 0 Å². The summed E-state index contributed by atoms with van der Waals surface area (Å²) in [6, 6.07) is 10.9. The maximum absolute atomic E-state index is 13.7. The van der Waals surface area contributed by atoms with Crippen LogP contribution < -0.4 is 14.4 Å². The van der Waals surface area contributed by atoms with Gasteiger partial charge >= 0.3 is 6.09 Å². The van der Waals surface area contributed by atoms with Crippen LogP contribution in [0.4, 0.5) is 10.5 Å². The minimum atomic E-state index is -4.24. The molecular formula is C38H49ClN4O7S. The Bertz CT molecular complexity index is 1800. The van der Waals surface area contributed by atoms with Gasteiger partial charge in [0, 0.05) is 49.1 Å². The highest BCUT2D eigenvalue weighted by atomic mass is 35.5. The summed E-state index contributed by atoms with van der Waals surface area (Å²) in [5.41, 5.74) is 1.28. The Labute approximate surface area is 306 Å². The summed E-state index contributed by atoms with van der Waals surface area (Å²) in [5.74, 6) is 0.00441. The maximum atomic E-state index is 13.7. The van der Waals surface area contributed by atoms with Crippen molar-refractivity contribution in [1.29, 1.82) is 0 Å². The monoisotopic (exact) mass is 740 g/mol. The number of nitrogens with zero attached hydrogens (tertiary/aromatic N) is 3. The third kappa shape index (κ3) is 7.47. The zero-order valence-corrected chi connectivity index (χ0v) is 31.3. The van der Waals surface area contributed by atoms with Crippen molar-refractivity contribution < 1.29 is 32.2 Å². The first-order valence-corrected chi connectivity index (χ1v) is 20.0. The van der Waals surface area contributed by atoms with Crippen molar-refractivity contribution in [2.75, 3.05) is 64.4 Å². The third-order valence-electron chi connectivity index (χ3n) is 11.5. The fraction of sp³-hybridized carbons (Fsp3) is 0.579. The molecule has 2 aromatic carbocycles. The van der Waals surface area contributed by atoms with Gasteiger partial charge in [0.15, 0.2) is 0 Å². The summed E-state index contributed by atoms with van der Waals surface area (Å²) in [7, 11) is -2.17. The number of carbonyl (C=O) groups excluding carboxylic acids is 2. The predicted molar refractivity (Wildman–Crippen MR) is 195 cm³/mol. The molecule has 1 spiro atoms. The lowest BCUT2D eigenvalue weighted by Gasteiger charge is -2.46. The molecule has 2 aliphatic carbocycles. The molecular weight excluding hydrogens is 692 g/mol. The molecule has 51 heavy (non-hydrogen) atoms. The van der Waals surface area contributed by atoms with Gasteiger partial charge < -0.3 is 28.9 Å². The fourth-order valence-electron chi connectivity index (χ4n) is 8.30. The Morgan fingerprint density at radius 3 is 2.71 bits per heavy atom. The van der Waals surface area contributed by atoms with Crippen LogP contribution in [0.15, 0.2) is 53.4 Å². The first kappa shape index (κ1) is 36.1. The van der Waals surface area contributed by atoms with Gasteiger partial charge in [-0.3, -0.25) is 4.79 Å². The predicted octanol–water partition coefficient (Wildman–Crippen LogP) is 5.15. The second-order valence-corrected chi connectivity index (χ2v) is 17.5. The van der Waals surface area contributed by atoms with Gasteiger partial charge in [-0.05, 0) is 119 Å². The first-order valence-electron chi connectivity index (χ1n) is 18.2. The summed E-state index contributed by atoms with van der Waals surface area (Å²) in [6.45, 7) is 7.73. The molecule has 1 saturated heterocycles. The van der Waals surface area contributed by atoms with Gasteiger partial charge in [-0.2, -0.15) is 0 Å². The molecule has 13 heteroatoms. The number of anilines is 1. The number of halogens is 1. The minimum absolute atomic E-state index is 0.0298. The van der Waals surface area contributed by atoms with Crippen molar-refractivity contribution in [2.45, 2.75) is 74.4 Å². The number of nitrogens with one attached hydrogen (secondary N) is 1. The Hall–Kier alpha value is -3.32. The summed E-state index contributed by atoms with van der Waals surface area (Å²) in [5, 5.41) is 0.706. The number of hydrogen-bond donors (Lipinski definition) is 1. The number of fused-ring (bicyclic) bond motifs is 4. The van der Waals surface area contributed by atoms with Crippen molar-refractivity contribution >= 4 is 39.3 Å². The largest absolute Gasteiger partial charge is 0.490 e. The molecule has 2 amide bonds. The summed E-state index contributed by atoms with van der Waals surface area (Å²) in [6.07, 6.45) is 8.36. The minimum Gasteiger partial charge on any atom is -0.490 e. The zero-order valence-electron chi connectivity index (χ0n) is 29.7. The van der Waals surface area contributed by atoms with Crippen molar-refractivity contribution in [3.05, 3.63) is 64.7 Å². The van der Waals surface area contributed by atoms with E-state index >= 15 is 0 Å². The van der Waals surface area contributed by atoms with Crippen LogP contribution in [0.5, 0.6) is 5.75 Å². The zero-order chi connectivity index (χ0) is 36.0. The Morgan fingerprint density at radius 2 is 1.90 bits per heavy atom. The molecule has 0 aromatic heterocycles. The lowest BCUT2D eigenvalue weighted by Crippen LogP contribution is -2.50. The number of ether oxygens (including phenoxy) is 3. The van der Waals surface area contributed by atoms with Crippen LogP contribution in [0.1, 0.15) is 57.1 Å². The van der Waals surface area contributed by atoms with E-state index in [0.29, 0.717) is 49.2 Å². The summed E-state index contributed by atoms with van der Waals surface area (Å²) >= 11 is 6.45. The molecule has 3 aliphatic heterocycles. The molecule has 3 heterocycles. The smallest absolute Gasteiger partial charge is 0.410 e. The summed E-state index contributed by atoms with van der Waals surface area (Å²) < 4.78 is 48.4. The molecule has 1 N–H and O–H groups in total. The third-order valence-corrected chi connectivity index (χ3v) is 13.1. The second-order valence-electron chi connectivity index (χ2n) is 15.4. The van der Waals surface area contributed by atoms with E-state index < -0.39 is 27.6 Å². The van der Waals surface area contributed by atoms with Gasteiger partial charge in [-0.1, -0.05) is 23.7 Å². The molecule has 0 unspecified atom stereocenters. The highest BCUT2D eigenvalue weighted by Gasteiger charge is 2.45. The highest BCUT2D eigenvalue weighted by molar-refractivity contribution is 7.90. The van der Waals surface area contributed by atoms with E-state index in [4.69, 9.17) is 25.8 Å². The van der Waals surface area contributed by atoms with E-state index in [2.05, 4.69) is 33.7 Å². The lowest BCUT2D eigenvalue weighted by molar-refractivity contribution is -0.139. The van der Waals surface area contributed by atoms with E-state index in [0.717, 1.165) is 51.6 Å². The van der Waals surface area contributed by atoms with E-state index in [-0.39, 0.29) is 34.8 Å². The average Bonchev–Trinajstić information content (AvgIpc) is 3.38. The molecule has 0 radical (unpaired) electrons. The molecule has 11 nitrogen and oxygen atoms in total. The molecule has 276 valence electrons. The van der Waals surface area contributed by atoms with Gasteiger partial charge in [0.05, 0.1) is 23.8 Å². The van der Waals surface area contributed by atoms with Gasteiger partial charge in [-0.15, -0.1) is 0 Å². The van der Waals surface area contributed by atoms with Crippen LogP contribution in [0.2, 0.25) is 5.02 Å². The van der Waals surface area contributed by atoms with Crippen LogP contribution in [0.25, 0.3) is 0 Å². The van der Waals surface area contributed by atoms with Crippen LogP contribution >= 0.6 is 11.6 Å². The van der Waals surface area contributed by atoms with E-state index in [1.165, 1.54) is 31.0 Å². The van der Waals surface area contributed by atoms with E-state index in [1.807, 2.05) is 12.1 Å². The molecule has 2 bridgehead atoms. The lowest BCUT2D eigenvalue weighted by atomic mass is 9.68. The van der Waals surface area contributed by atoms with Crippen molar-refractivity contribution in [3.63, 3.8) is 0 Å². The molecule has 1 saturated carbocycles. The topological polar surface area (TPSA) is 118 Å². The molecule has 2 aromatic rings. The van der Waals surface area contributed by atoms with Crippen LogP contribution in [0, 0.1) is 11.8 Å². The number of hydrogen-bond acceptors (Lipinski definition) is 9. The number of aryl methyl sites for hydroxylation is 1. The van der Waals surface area contributed by atoms with Gasteiger partial charge in [0.25, 0.3) is 15.9 Å². The molecule has 7 rings (SSSR count). The number of amides is 2. The number of benzene rings is 2. The van der Waals surface area contributed by atoms with Gasteiger partial charge in [0.1, 0.15) is 17.5 Å². The molecule has 4 atom stereocenters. The van der Waals surface area contributed by atoms with Crippen LogP contribution in [0.3, 0.4) is 0 Å². The number of carbonyl (C=O) groups is 2. The van der Waals surface area contributed by atoms with Crippen molar-refractivity contribution in [3.8, 4) is 5.75 Å². The van der Waals surface area contributed by atoms with Crippen LogP contribution in [-0.4, -0.2) is 101 Å². The standard InChI is InChI=1S/C38H49ClN4O7S/c1-37(2)35(44)40-51(46,47)29-11-14-34-32(22-29)43(24-38(25-48-34)15-4-7-26-21-28(39)10-13-31(26)38)23-27-9-12-30(27)33(8-5-20-49-37)50-36(45)42-17-6-16-41(3)18-19-42/h5,8,10-11,13-14,21-22,27,30,33H,4,6-7,9,12,15-20,23-25H2,1-3H3,(H,40,44)/b8-5-/t27-,30+,33-,38-/m0/s1.